The Labute approximate surface area is 121 Å². The van der Waals surface area contributed by atoms with Crippen molar-refractivity contribution in [1.29, 1.82) is 0 Å². The minimum atomic E-state index is 0.0517. The zero-order valence-electron chi connectivity index (χ0n) is 10.5. The Morgan fingerprint density at radius 3 is 2.72 bits per heavy atom. The summed E-state index contributed by atoms with van der Waals surface area (Å²) in [5.41, 5.74) is 0.598. The minimum absolute atomic E-state index is 0.0517. The van der Waals surface area contributed by atoms with Crippen molar-refractivity contribution in [2.24, 2.45) is 5.92 Å². The molecule has 0 bridgehead atoms. The Morgan fingerprint density at radius 1 is 1.44 bits per heavy atom. The molecule has 0 radical (unpaired) electrons. The lowest BCUT2D eigenvalue weighted by atomic mass is 9.94. The van der Waals surface area contributed by atoms with Crippen molar-refractivity contribution in [3.05, 3.63) is 33.3 Å². The molecule has 0 aliphatic carbocycles. The summed E-state index contributed by atoms with van der Waals surface area (Å²) in [5, 5.41) is 0.514. The van der Waals surface area contributed by atoms with E-state index in [1.165, 1.54) is 6.42 Å². The third kappa shape index (κ3) is 2.89. The summed E-state index contributed by atoms with van der Waals surface area (Å²) in [5.74, 6) is 0.822. The number of hydrogen-bond donors (Lipinski definition) is 0. The molecule has 1 heterocycles. The number of piperidine rings is 1. The summed E-state index contributed by atoms with van der Waals surface area (Å²) in [7, 11) is 0. The van der Waals surface area contributed by atoms with Crippen LogP contribution >= 0.6 is 27.5 Å². The van der Waals surface area contributed by atoms with Crippen molar-refractivity contribution in [3.8, 4) is 0 Å². The van der Waals surface area contributed by atoms with Gasteiger partial charge in [-0.15, -0.1) is 0 Å². The molecule has 4 heteroatoms. The van der Waals surface area contributed by atoms with Crippen LogP contribution in [0.25, 0.3) is 0 Å². The van der Waals surface area contributed by atoms with Crippen LogP contribution in [0.3, 0.4) is 0 Å². The Hall–Kier alpha value is -0.540. The van der Waals surface area contributed by atoms with E-state index in [1.54, 1.807) is 6.07 Å². The largest absolute Gasteiger partial charge is 0.339 e. The number of carbonyl (C=O) groups is 1. The lowest BCUT2D eigenvalue weighted by molar-refractivity contribution is 0.0689. The predicted octanol–water partition coefficient (Wildman–Crippen LogP) is 4.36. The highest BCUT2D eigenvalue weighted by molar-refractivity contribution is 9.10. The highest BCUT2D eigenvalue weighted by Crippen LogP contribution is 2.28. The second-order valence-corrected chi connectivity index (χ2v) is 5.98. The Morgan fingerprint density at radius 2 is 2.11 bits per heavy atom. The number of rotatable bonds is 2. The van der Waals surface area contributed by atoms with Crippen LogP contribution in [-0.4, -0.2) is 23.9 Å². The Kier molecular flexibility index (Phi) is 4.68. The molecule has 1 aliphatic heterocycles. The maximum atomic E-state index is 12.4. The third-order valence-corrected chi connectivity index (χ3v) is 4.96. The second-order valence-electron chi connectivity index (χ2n) is 4.75. The van der Waals surface area contributed by atoms with E-state index in [0.29, 0.717) is 10.6 Å². The maximum Gasteiger partial charge on any atom is 0.255 e. The summed E-state index contributed by atoms with van der Waals surface area (Å²) in [6.07, 6.45) is 3.42. The monoisotopic (exact) mass is 329 g/mol. The summed E-state index contributed by atoms with van der Waals surface area (Å²) in [6.45, 7) is 3.91. The second kappa shape index (κ2) is 6.07. The van der Waals surface area contributed by atoms with Gasteiger partial charge in [0.25, 0.3) is 5.91 Å². The molecule has 0 unspecified atom stereocenters. The topological polar surface area (TPSA) is 20.3 Å². The van der Waals surface area contributed by atoms with Crippen LogP contribution in [0.15, 0.2) is 22.7 Å². The van der Waals surface area contributed by atoms with Gasteiger partial charge in [0.1, 0.15) is 0 Å². The lowest BCUT2D eigenvalue weighted by Gasteiger charge is -2.31. The van der Waals surface area contributed by atoms with E-state index in [9.17, 15) is 4.79 Å². The van der Waals surface area contributed by atoms with Crippen molar-refractivity contribution < 1.29 is 4.79 Å². The van der Waals surface area contributed by atoms with Gasteiger partial charge in [-0.1, -0.05) is 31.0 Å². The molecule has 98 valence electrons. The molecule has 1 aromatic rings. The van der Waals surface area contributed by atoms with Crippen molar-refractivity contribution >= 4 is 33.4 Å². The van der Waals surface area contributed by atoms with Crippen LogP contribution < -0.4 is 0 Å². The molecule has 1 amide bonds. The normalized spacial score (nSPS) is 16.9. The molecular formula is C14H17BrClNO. The molecule has 1 fully saturated rings. The SMILES string of the molecule is CCC1CCN(C(=O)c2cccc(Br)c2Cl)CC1. The van der Waals surface area contributed by atoms with Gasteiger partial charge in [-0.05, 0) is 46.8 Å². The molecule has 1 aromatic carbocycles. The molecule has 0 aromatic heterocycles. The van der Waals surface area contributed by atoms with Crippen LogP contribution in [0.5, 0.6) is 0 Å². The number of halogens is 2. The van der Waals surface area contributed by atoms with Crippen LogP contribution in [0.4, 0.5) is 0 Å². The quantitative estimate of drug-likeness (QED) is 0.788. The summed E-state index contributed by atoms with van der Waals surface area (Å²) in [6, 6.07) is 5.49. The molecule has 0 spiro atoms. The molecule has 1 aliphatic rings. The van der Waals surface area contributed by atoms with E-state index < -0.39 is 0 Å². The first-order valence-electron chi connectivity index (χ1n) is 6.36. The van der Waals surface area contributed by atoms with E-state index in [4.69, 9.17) is 11.6 Å². The van der Waals surface area contributed by atoms with Crippen LogP contribution in [0.1, 0.15) is 36.5 Å². The zero-order valence-corrected chi connectivity index (χ0v) is 12.8. The van der Waals surface area contributed by atoms with Gasteiger partial charge in [0, 0.05) is 17.6 Å². The lowest BCUT2D eigenvalue weighted by Crippen LogP contribution is -2.38. The van der Waals surface area contributed by atoms with Crippen LogP contribution in [0, 0.1) is 5.92 Å². The van der Waals surface area contributed by atoms with Gasteiger partial charge >= 0.3 is 0 Å². The molecule has 18 heavy (non-hydrogen) atoms. The van der Waals surface area contributed by atoms with E-state index in [-0.39, 0.29) is 5.91 Å². The van der Waals surface area contributed by atoms with E-state index >= 15 is 0 Å². The van der Waals surface area contributed by atoms with Gasteiger partial charge in [0.2, 0.25) is 0 Å². The molecule has 0 atom stereocenters. The number of benzene rings is 1. The highest BCUT2D eigenvalue weighted by Gasteiger charge is 2.24. The summed E-state index contributed by atoms with van der Waals surface area (Å²) in [4.78, 5) is 14.3. The predicted molar refractivity (Wildman–Crippen MR) is 78.1 cm³/mol. The van der Waals surface area contributed by atoms with E-state index in [0.717, 1.165) is 36.3 Å². The molecular weight excluding hydrogens is 314 g/mol. The van der Waals surface area contributed by atoms with Gasteiger partial charge < -0.3 is 4.90 Å². The number of nitrogens with zero attached hydrogens (tertiary/aromatic N) is 1. The molecule has 1 saturated heterocycles. The Bertz CT molecular complexity index is 441. The van der Waals surface area contributed by atoms with Crippen molar-refractivity contribution in [2.75, 3.05) is 13.1 Å². The van der Waals surface area contributed by atoms with Crippen molar-refractivity contribution in [3.63, 3.8) is 0 Å². The van der Waals surface area contributed by atoms with Gasteiger partial charge in [0.15, 0.2) is 0 Å². The van der Waals surface area contributed by atoms with Crippen LogP contribution in [0.2, 0.25) is 5.02 Å². The van der Waals surface area contributed by atoms with Crippen molar-refractivity contribution in [2.45, 2.75) is 26.2 Å². The fourth-order valence-corrected chi connectivity index (χ4v) is 2.96. The summed E-state index contributed by atoms with van der Waals surface area (Å²) < 4.78 is 0.776. The molecule has 2 nitrogen and oxygen atoms in total. The fraction of sp³-hybridized carbons (Fsp3) is 0.500. The van der Waals surface area contributed by atoms with E-state index in [2.05, 4.69) is 22.9 Å². The number of hydrogen-bond acceptors (Lipinski definition) is 1. The number of likely N-dealkylation sites (tertiary alicyclic amines) is 1. The Balaban J connectivity index is 2.10. The van der Waals surface area contributed by atoms with Gasteiger partial charge in [-0.25, -0.2) is 0 Å². The fourth-order valence-electron chi connectivity index (χ4n) is 2.38. The highest BCUT2D eigenvalue weighted by atomic mass is 79.9. The average Bonchev–Trinajstić information content (AvgIpc) is 2.41. The van der Waals surface area contributed by atoms with Gasteiger partial charge in [-0.2, -0.15) is 0 Å². The van der Waals surface area contributed by atoms with Crippen molar-refractivity contribution in [1.82, 2.24) is 4.90 Å². The van der Waals surface area contributed by atoms with E-state index in [1.807, 2.05) is 17.0 Å². The summed E-state index contributed by atoms with van der Waals surface area (Å²) >= 11 is 9.53. The first-order valence-corrected chi connectivity index (χ1v) is 7.53. The maximum absolute atomic E-state index is 12.4. The molecule has 0 saturated carbocycles. The number of amides is 1. The third-order valence-electron chi connectivity index (χ3n) is 3.66. The smallest absolute Gasteiger partial charge is 0.255 e. The first-order chi connectivity index (χ1) is 8.63. The minimum Gasteiger partial charge on any atom is -0.339 e. The zero-order chi connectivity index (χ0) is 13.1. The van der Waals surface area contributed by atoms with Crippen LogP contribution in [-0.2, 0) is 0 Å². The molecule has 2 rings (SSSR count). The van der Waals surface area contributed by atoms with Gasteiger partial charge in [0.05, 0.1) is 10.6 Å². The standard InChI is InChI=1S/C14H17BrClNO/c1-2-10-6-8-17(9-7-10)14(18)11-4-3-5-12(15)13(11)16/h3-5,10H,2,6-9H2,1H3. The first kappa shape index (κ1) is 13.9. The average molecular weight is 331 g/mol. The molecule has 0 N–H and O–H groups in total. The number of carbonyl (C=O) groups excluding carboxylic acids is 1. The van der Waals surface area contributed by atoms with Gasteiger partial charge in [-0.3, -0.25) is 4.79 Å².